The van der Waals surface area contributed by atoms with Crippen molar-refractivity contribution in [2.75, 3.05) is 5.75 Å². The minimum atomic E-state index is 0.823. The molecule has 3 rings (SSSR count). The van der Waals surface area contributed by atoms with Gasteiger partial charge in [-0.05, 0) is 18.1 Å². The van der Waals surface area contributed by atoms with E-state index in [9.17, 15) is 0 Å². The summed E-state index contributed by atoms with van der Waals surface area (Å²) in [7, 11) is 0. The Morgan fingerprint density at radius 1 is 1.09 bits per heavy atom. The first-order chi connectivity index (χ1) is 11.3. The topological polar surface area (TPSA) is 17.8 Å². The number of imidazole rings is 1. The molecule has 23 heavy (non-hydrogen) atoms. The molecule has 0 unspecified atom stereocenters. The van der Waals surface area contributed by atoms with Crippen LogP contribution in [0.2, 0.25) is 0 Å². The van der Waals surface area contributed by atoms with Crippen molar-refractivity contribution in [3.05, 3.63) is 84.6 Å². The molecule has 1 heterocycles. The molecule has 0 fully saturated rings. The highest BCUT2D eigenvalue weighted by Gasteiger charge is 2.12. The zero-order valence-electron chi connectivity index (χ0n) is 13.3. The van der Waals surface area contributed by atoms with E-state index in [1.807, 2.05) is 18.3 Å². The Hall–Kier alpha value is -2.26. The van der Waals surface area contributed by atoms with Crippen molar-refractivity contribution in [1.29, 1.82) is 0 Å². The maximum Gasteiger partial charge on any atom is 0.169 e. The van der Waals surface area contributed by atoms with Gasteiger partial charge in [-0.25, -0.2) is 4.98 Å². The summed E-state index contributed by atoms with van der Waals surface area (Å²) in [5.74, 6) is 0.860. The van der Waals surface area contributed by atoms with Crippen LogP contribution in [0, 0.1) is 6.92 Å². The van der Waals surface area contributed by atoms with Gasteiger partial charge in [0.1, 0.15) is 0 Å². The van der Waals surface area contributed by atoms with Gasteiger partial charge in [0.2, 0.25) is 0 Å². The van der Waals surface area contributed by atoms with Crippen LogP contribution in [-0.4, -0.2) is 15.3 Å². The van der Waals surface area contributed by atoms with Crippen molar-refractivity contribution in [2.45, 2.75) is 18.6 Å². The van der Waals surface area contributed by atoms with E-state index in [2.05, 4.69) is 71.6 Å². The molecule has 0 aliphatic carbocycles. The van der Waals surface area contributed by atoms with Gasteiger partial charge in [0.05, 0.1) is 18.4 Å². The van der Waals surface area contributed by atoms with E-state index in [1.165, 1.54) is 16.7 Å². The standard InChI is InChI=1S/C20H20N2S/c1-3-13-23-20-21-14-19(18-11-9-16(2)10-12-18)22(20)15-17-7-5-4-6-8-17/h3-12,14H,1,13,15H2,2H3. The van der Waals surface area contributed by atoms with Crippen molar-refractivity contribution < 1.29 is 0 Å². The molecule has 0 bridgehead atoms. The van der Waals surface area contributed by atoms with E-state index in [0.29, 0.717) is 0 Å². The molecule has 3 heteroatoms. The van der Waals surface area contributed by atoms with Crippen LogP contribution in [0.3, 0.4) is 0 Å². The van der Waals surface area contributed by atoms with E-state index in [0.717, 1.165) is 23.1 Å². The van der Waals surface area contributed by atoms with Crippen molar-refractivity contribution in [3.8, 4) is 11.3 Å². The Morgan fingerprint density at radius 3 is 2.52 bits per heavy atom. The summed E-state index contributed by atoms with van der Waals surface area (Å²) < 4.78 is 2.29. The molecule has 0 radical (unpaired) electrons. The number of benzene rings is 2. The van der Waals surface area contributed by atoms with E-state index < -0.39 is 0 Å². The predicted octanol–water partition coefficient (Wildman–Crippen LogP) is 5.18. The van der Waals surface area contributed by atoms with Crippen LogP contribution in [0.25, 0.3) is 11.3 Å². The van der Waals surface area contributed by atoms with Gasteiger partial charge >= 0.3 is 0 Å². The monoisotopic (exact) mass is 320 g/mol. The fraction of sp³-hybridized carbons (Fsp3) is 0.150. The lowest BCUT2D eigenvalue weighted by Crippen LogP contribution is -2.03. The number of aromatic nitrogens is 2. The van der Waals surface area contributed by atoms with Gasteiger partial charge in [-0.1, -0.05) is 78.0 Å². The Labute approximate surface area is 141 Å². The Bertz CT molecular complexity index is 773. The normalized spacial score (nSPS) is 10.7. The van der Waals surface area contributed by atoms with Gasteiger partial charge < -0.3 is 4.57 Å². The Balaban J connectivity index is 2.00. The van der Waals surface area contributed by atoms with Crippen molar-refractivity contribution in [2.24, 2.45) is 0 Å². The Morgan fingerprint density at radius 2 is 1.83 bits per heavy atom. The molecule has 0 spiro atoms. The van der Waals surface area contributed by atoms with Crippen LogP contribution in [0.4, 0.5) is 0 Å². The molecular formula is C20H20N2S. The van der Waals surface area contributed by atoms with Crippen LogP contribution >= 0.6 is 11.8 Å². The van der Waals surface area contributed by atoms with Crippen LogP contribution in [0.15, 0.2) is 78.6 Å². The number of hydrogen-bond donors (Lipinski definition) is 0. The molecule has 3 aromatic rings. The van der Waals surface area contributed by atoms with Gasteiger partial charge in [0.15, 0.2) is 5.16 Å². The minimum Gasteiger partial charge on any atom is -0.314 e. The number of rotatable bonds is 6. The highest BCUT2D eigenvalue weighted by Crippen LogP contribution is 2.27. The summed E-state index contributed by atoms with van der Waals surface area (Å²) in [4.78, 5) is 4.63. The molecule has 0 saturated carbocycles. The first-order valence-electron chi connectivity index (χ1n) is 7.68. The Kier molecular flexibility index (Phi) is 4.99. The van der Waals surface area contributed by atoms with Gasteiger partial charge in [0.25, 0.3) is 0 Å². The van der Waals surface area contributed by atoms with Gasteiger partial charge in [-0.2, -0.15) is 0 Å². The van der Waals surface area contributed by atoms with Crippen LogP contribution in [0.1, 0.15) is 11.1 Å². The number of hydrogen-bond acceptors (Lipinski definition) is 2. The van der Waals surface area contributed by atoms with Crippen molar-refractivity contribution in [1.82, 2.24) is 9.55 Å². The summed E-state index contributed by atoms with van der Waals surface area (Å²) in [5, 5.41) is 1.03. The van der Waals surface area contributed by atoms with Crippen LogP contribution in [0.5, 0.6) is 0 Å². The molecule has 2 aromatic carbocycles. The molecule has 0 saturated heterocycles. The van der Waals surface area contributed by atoms with Crippen molar-refractivity contribution in [3.63, 3.8) is 0 Å². The predicted molar refractivity (Wildman–Crippen MR) is 98.9 cm³/mol. The number of nitrogens with zero attached hydrogens (tertiary/aromatic N) is 2. The summed E-state index contributed by atoms with van der Waals surface area (Å²) in [6.07, 6.45) is 3.89. The number of aryl methyl sites for hydroxylation is 1. The van der Waals surface area contributed by atoms with Gasteiger partial charge in [0, 0.05) is 5.75 Å². The molecule has 0 atom stereocenters. The summed E-state index contributed by atoms with van der Waals surface area (Å²) in [5.41, 5.74) is 4.90. The molecule has 0 aliphatic heterocycles. The summed E-state index contributed by atoms with van der Waals surface area (Å²) in [6, 6.07) is 19.1. The molecule has 0 N–H and O–H groups in total. The number of thioether (sulfide) groups is 1. The highest BCUT2D eigenvalue weighted by molar-refractivity contribution is 7.99. The lowest BCUT2D eigenvalue weighted by atomic mass is 10.1. The van der Waals surface area contributed by atoms with E-state index >= 15 is 0 Å². The zero-order valence-corrected chi connectivity index (χ0v) is 14.1. The summed E-state index contributed by atoms with van der Waals surface area (Å²) in [6.45, 7) is 6.74. The fourth-order valence-corrected chi connectivity index (χ4v) is 3.19. The minimum absolute atomic E-state index is 0.823. The first kappa shape index (κ1) is 15.6. The van der Waals surface area contributed by atoms with Gasteiger partial charge in [-0.15, -0.1) is 6.58 Å². The zero-order chi connectivity index (χ0) is 16.1. The third kappa shape index (κ3) is 3.74. The lowest BCUT2D eigenvalue weighted by molar-refractivity contribution is 0.716. The average Bonchev–Trinajstić information content (AvgIpc) is 2.97. The molecule has 116 valence electrons. The maximum absolute atomic E-state index is 4.63. The molecular weight excluding hydrogens is 300 g/mol. The van der Waals surface area contributed by atoms with E-state index in [1.54, 1.807) is 11.8 Å². The molecule has 2 nitrogen and oxygen atoms in total. The van der Waals surface area contributed by atoms with Crippen LogP contribution < -0.4 is 0 Å². The second-order valence-corrected chi connectivity index (χ2v) is 6.45. The third-order valence-corrected chi connectivity index (χ3v) is 4.67. The van der Waals surface area contributed by atoms with E-state index in [4.69, 9.17) is 0 Å². The quantitative estimate of drug-likeness (QED) is 0.460. The van der Waals surface area contributed by atoms with Crippen LogP contribution in [-0.2, 0) is 6.54 Å². The first-order valence-corrected chi connectivity index (χ1v) is 8.66. The SMILES string of the molecule is C=CCSc1ncc(-c2ccc(C)cc2)n1Cc1ccccc1. The highest BCUT2D eigenvalue weighted by atomic mass is 32.2. The molecule has 0 amide bonds. The van der Waals surface area contributed by atoms with Gasteiger partial charge in [-0.3, -0.25) is 0 Å². The smallest absolute Gasteiger partial charge is 0.169 e. The average molecular weight is 320 g/mol. The second kappa shape index (κ2) is 7.34. The fourth-order valence-electron chi connectivity index (χ4n) is 2.48. The molecule has 0 aliphatic rings. The largest absolute Gasteiger partial charge is 0.314 e. The van der Waals surface area contributed by atoms with E-state index in [-0.39, 0.29) is 0 Å². The molecule has 1 aromatic heterocycles. The third-order valence-electron chi connectivity index (χ3n) is 3.68. The lowest BCUT2D eigenvalue weighted by Gasteiger charge is -2.12. The maximum atomic E-state index is 4.63. The second-order valence-electron chi connectivity index (χ2n) is 5.46. The summed E-state index contributed by atoms with van der Waals surface area (Å²) >= 11 is 1.72. The van der Waals surface area contributed by atoms with Crippen molar-refractivity contribution >= 4 is 11.8 Å².